The quantitative estimate of drug-likeness (QED) is 0.879. The Morgan fingerprint density at radius 2 is 2.17 bits per heavy atom. The van der Waals surface area contributed by atoms with Crippen LogP contribution in [-0.4, -0.2) is 14.2 Å². The van der Waals surface area contributed by atoms with Crippen molar-refractivity contribution in [3.05, 3.63) is 53.5 Å². The number of hydrogen-bond acceptors (Lipinski definition) is 3. The van der Waals surface area contributed by atoms with E-state index >= 15 is 0 Å². The summed E-state index contributed by atoms with van der Waals surface area (Å²) in [6.07, 6.45) is 4.37. The molecule has 18 heavy (non-hydrogen) atoms. The summed E-state index contributed by atoms with van der Waals surface area (Å²) in [5.74, 6) is 0.929. The van der Waals surface area contributed by atoms with Gasteiger partial charge >= 0.3 is 0 Å². The zero-order valence-corrected chi connectivity index (χ0v) is 11.1. The lowest BCUT2D eigenvalue weighted by molar-refractivity contribution is 0.400. The first-order chi connectivity index (χ1) is 8.74. The fourth-order valence-corrected chi connectivity index (χ4v) is 2.12. The third kappa shape index (κ3) is 2.74. The summed E-state index contributed by atoms with van der Waals surface area (Å²) >= 11 is 0. The third-order valence-corrected chi connectivity index (χ3v) is 3.13. The predicted octanol–water partition coefficient (Wildman–Crippen LogP) is 3.10. The molecule has 0 aliphatic carbocycles. The normalized spacial score (nSPS) is 12.4. The number of ether oxygens (including phenoxy) is 1. The fourth-order valence-electron chi connectivity index (χ4n) is 2.12. The van der Waals surface area contributed by atoms with Crippen molar-refractivity contribution >= 4 is 0 Å². The van der Waals surface area contributed by atoms with Gasteiger partial charge < -0.3 is 14.5 Å². The van der Waals surface area contributed by atoms with E-state index in [9.17, 15) is 0 Å². The van der Waals surface area contributed by atoms with Crippen LogP contribution in [-0.2, 0) is 6.42 Å². The molecule has 1 N–H and O–H groups in total. The van der Waals surface area contributed by atoms with Gasteiger partial charge in [0.15, 0.2) is 0 Å². The van der Waals surface area contributed by atoms with Crippen LogP contribution in [0.2, 0.25) is 0 Å². The summed E-state index contributed by atoms with van der Waals surface area (Å²) in [7, 11) is 3.67. The molecule has 0 spiro atoms. The van der Waals surface area contributed by atoms with Gasteiger partial charge in [-0.2, -0.15) is 0 Å². The molecule has 1 atom stereocenters. The van der Waals surface area contributed by atoms with Crippen LogP contribution in [0.25, 0.3) is 0 Å². The van der Waals surface area contributed by atoms with Crippen molar-refractivity contribution in [1.82, 2.24) is 5.32 Å². The van der Waals surface area contributed by atoms with Gasteiger partial charge in [-0.1, -0.05) is 12.1 Å². The number of nitrogens with one attached hydrogen (secondary N) is 1. The number of likely N-dealkylation sites (N-methyl/N-ethyl adjacent to an activating group) is 1. The van der Waals surface area contributed by atoms with Gasteiger partial charge in [0, 0.05) is 11.6 Å². The van der Waals surface area contributed by atoms with E-state index < -0.39 is 0 Å². The van der Waals surface area contributed by atoms with Crippen LogP contribution in [0, 0.1) is 6.92 Å². The van der Waals surface area contributed by atoms with Crippen LogP contribution < -0.4 is 10.1 Å². The molecule has 1 unspecified atom stereocenters. The average molecular weight is 245 g/mol. The summed E-state index contributed by atoms with van der Waals surface area (Å²) in [6.45, 7) is 2.07. The minimum absolute atomic E-state index is 0.221. The summed E-state index contributed by atoms with van der Waals surface area (Å²) < 4.78 is 10.6. The Hall–Kier alpha value is -1.74. The van der Waals surface area contributed by atoms with Crippen LogP contribution in [0.15, 0.2) is 41.2 Å². The largest absolute Gasteiger partial charge is 0.496 e. The van der Waals surface area contributed by atoms with Crippen molar-refractivity contribution in [2.45, 2.75) is 19.4 Å². The smallest absolute Gasteiger partial charge is 0.123 e. The standard InChI is InChI=1S/C15H19NO2/c1-11-4-5-13(15(8-11)17-3)14(16-2)9-12-6-7-18-10-12/h4-8,10,14,16H,9H2,1-3H3. The minimum atomic E-state index is 0.221. The van der Waals surface area contributed by atoms with Crippen molar-refractivity contribution in [3.63, 3.8) is 0 Å². The Balaban J connectivity index is 2.26. The van der Waals surface area contributed by atoms with Gasteiger partial charge in [-0.05, 0) is 43.7 Å². The summed E-state index contributed by atoms with van der Waals surface area (Å²) in [4.78, 5) is 0. The van der Waals surface area contributed by atoms with Crippen LogP contribution in [0.1, 0.15) is 22.7 Å². The Bertz CT molecular complexity index is 491. The predicted molar refractivity (Wildman–Crippen MR) is 71.9 cm³/mol. The first-order valence-electron chi connectivity index (χ1n) is 6.07. The molecule has 0 aliphatic rings. The fraction of sp³-hybridized carbons (Fsp3) is 0.333. The maximum absolute atomic E-state index is 5.46. The highest BCUT2D eigenvalue weighted by Crippen LogP contribution is 2.28. The first kappa shape index (κ1) is 12.7. The van der Waals surface area contributed by atoms with Gasteiger partial charge in [0.2, 0.25) is 0 Å². The molecule has 96 valence electrons. The molecule has 1 heterocycles. The summed E-state index contributed by atoms with van der Waals surface area (Å²) in [5, 5.41) is 3.33. The molecular formula is C15H19NO2. The molecular weight excluding hydrogens is 226 g/mol. The molecule has 0 saturated heterocycles. The minimum Gasteiger partial charge on any atom is -0.496 e. The zero-order valence-electron chi connectivity index (χ0n) is 11.1. The van der Waals surface area contributed by atoms with Crippen molar-refractivity contribution in [3.8, 4) is 5.75 Å². The Morgan fingerprint density at radius 3 is 2.78 bits per heavy atom. The molecule has 1 aromatic carbocycles. The number of aryl methyl sites for hydroxylation is 1. The maximum atomic E-state index is 5.46. The van der Waals surface area contributed by atoms with Crippen LogP contribution in [0.5, 0.6) is 5.75 Å². The van der Waals surface area contributed by atoms with E-state index in [2.05, 4.69) is 30.4 Å². The maximum Gasteiger partial charge on any atom is 0.123 e. The van der Waals surface area contributed by atoms with Gasteiger partial charge in [-0.25, -0.2) is 0 Å². The van der Waals surface area contributed by atoms with Crippen LogP contribution in [0.4, 0.5) is 0 Å². The van der Waals surface area contributed by atoms with E-state index in [-0.39, 0.29) is 6.04 Å². The average Bonchev–Trinajstić information content (AvgIpc) is 2.89. The summed E-state index contributed by atoms with van der Waals surface area (Å²) in [5.41, 5.74) is 3.55. The van der Waals surface area contributed by atoms with Gasteiger partial charge in [-0.15, -0.1) is 0 Å². The number of methoxy groups -OCH3 is 1. The molecule has 3 nitrogen and oxygen atoms in total. The van der Waals surface area contributed by atoms with Crippen molar-refractivity contribution < 1.29 is 9.15 Å². The van der Waals surface area contributed by atoms with Gasteiger partial charge in [-0.3, -0.25) is 0 Å². The van der Waals surface area contributed by atoms with Crippen molar-refractivity contribution in [2.75, 3.05) is 14.2 Å². The van der Waals surface area contributed by atoms with Crippen LogP contribution in [0.3, 0.4) is 0 Å². The number of hydrogen-bond donors (Lipinski definition) is 1. The second-order valence-electron chi connectivity index (χ2n) is 4.42. The highest BCUT2D eigenvalue weighted by molar-refractivity contribution is 5.40. The number of furan rings is 1. The Labute approximate surface area is 108 Å². The first-order valence-corrected chi connectivity index (χ1v) is 6.07. The lowest BCUT2D eigenvalue weighted by Crippen LogP contribution is -2.19. The van der Waals surface area contributed by atoms with Gasteiger partial charge in [0.05, 0.1) is 19.6 Å². The molecule has 0 fully saturated rings. The Morgan fingerprint density at radius 1 is 1.33 bits per heavy atom. The highest BCUT2D eigenvalue weighted by atomic mass is 16.5. The van der Waals surface area contributed by atoms with Crippen molar-refractivity contribution in [1.29, 1.82) is 0 Å². The van der Waals surface area contributed by atoms with E-state index in [1.54, 1.807) is 19.6 Å². The van der Waals surface area contributed by atoms with Gasteiger partial charge in [0.1, 0.15) is 5.75 Å². The second kappa shape index (κ2) is 5.74. The van der Waals surface area contributed by atoms with E-state index in [1.165, 1.54) is 16.7 Å². The molecule has 3 heteroatoms. The van der Waals surface area contributed by atoms with E-state index in [0.29, 0.717) is 0 Å². The monoisotopic (exact) mass is 245 g/mol. The van der Waals surface area contributed by atoms with E-state index in [0.717, 1.165) is 12.2 Å². The number of rotatable bonds is 5. The van der Waals surface area contributed by atoms with E-state index in [4.69, 9.17) is 9.15 Å². The van der Waals surface area contributed by atoms with Crippen molar-refractivity contribution in [2.24, 2.45) is 0 Å². The highest BCUT2D eigenvalue weighted by Gasteiger charge is 2.15. The molecule has 0 radical (unpaired) electrons. The lowest BCUT2D eigenvalue weighted by atomic mass is 9.98. The number of benzene rings is 1. The molecule has 0 amide bonds. The van der Waals surface area contributed by atoms with Gasteiger partial charge in [0.25, 0.3) is 0 Å². The molecule has 1 aromatic heterocycles. The Kier molecular flexibility index (Phi) is 4.05. The molecule has 2 rings (SSSR count). The van der Waals surface area contributed by atoms with Crippen LogP contribution >= 0.6 is 0 Å². The molecule has 0 saturated carbocycles. The molecule has 0 bridgehead atoms. The zero-order chi connectivity index (χ0) is 13.0. The lowest BCUT2D eigenvalue weighted by Gasteiger charge is -2.19. The topological polar surface area (TPSA) is 34.4 Å². The summed E-state index contributed by atoms with van der Waals surface area (Å²) in [6, 6.07) is 8.51. The van der Waals surface area contributed by atoms with E-state index in [1.807, 2.05) is 13.1 Å². The third-order valence-electron chi connectivity index (χ3n) is 3.13. The molecule has 0 aliphatic heterocycles. The second-order valence-corrected chi connectivity index (χ2v) is 4.42. The molecule has 2 aromatic rings. The SMILES string of the molecule is CNC(Cc1ccoc1)c1ccc(C)cc1OC.